The van der Waals surface area contributed by atoms with E-state index in [2.05, 4.69) is 0 Å². The van der Waals surface area contributed by atoms with E-state index in [9.17, 15) is 8.78 Å². The first-order chi connectivity index (χ1) is 8.78. The molecule has 0 aromatic heterocycles. The predicted octanol–water partition coefficient (Wildman–Crippen LogP) is 3.21. The number of nitrogens with zero attached hydrogens (tertiary/aromatic N) is 1. The highest BCUT2D eigenvalue weighted by Gasteiger charge is 2.33. The quantitative estimate of drug-likeness (QED) is 0.839. The zero-order chi connectivity index (χ0) is 14.2. The Labute approximate surface area is 112 Å². The summed E-state index contributed by atoms with van der Waals surface area (Å²) in [6.07, 6.45) is -2.52. The summed E-state index contributed by atoms with van der Waals surface area (Å²) in [6.45, 7) is 7.07. The Balaban J connectivity index is 2.35. The zero-order valence-electron chi connectivity index (χ0n) is 11.5. The van der Waals surface area contributed by atoms with E-state index >= 15 is 0 Å². The lowest BCUT2D eigenvalue weighted by atomic mass is 10.0. The van der Waals surface area contributed by atoms with E-state index < -0.39 is 6.43 Å². The molecule has 0 radical (unpaired) electrons. The van der Waals surface area contributed by atoms with Gasteiger partial charge in [-0.15, -0.1) is 0 Å². The molecule has 0 amide bonds. The van der Waals surface area contributed by atoms with Gasteiger partial charge >= 0.3 is 0 Å². The minimum atomic E-state index is -2.53. The molecular weight excluding hydrogens is 250 g/mol. The van der Waals surface area contributed by atoms with Crippen LogP contribution in [0.15, 0.2) is 18.2 Å². The highest BCUT2D eigenvalue weighted by Crippen LogP contribution is 2.34. The van der Waals surface area contributed by atoms with E-state index in [-0.39, 0.29) is 17.3 Å². The molecule has 1 aromatic rings. The van der Waals surface area contributed by atoms with Crippen LogP contribution in [0.3, 0.4) is 0 Å². The Hall–Kier alpha value is -1.36. The molecule has 106 valence electrons. The molecule has 3 nitrogen and oxygen atoms in total. The van der Waals surface area contributed by atoms with Crippen molar-refractivity contribution in [3.8, 4) is 0 Å². The van der Waals surface area contributed by atoms with Crippen LogP contribution in [0.5, 0.6) is 0 Å². The number of alkyl halides is 2. The van der Waals surface area contributed by atoms with Gasteiger partial charge in [0.1, 0.15) is 0 Å². The number of hydrogen-bond donors (Lipinski definition) is 1. The summed E-state index contributed by atoms with van der Waals surface area (Å²) in [5, 5.41) is 0. The molecule has 1 aromatic carbocycles. The van der Waals surface area contributed by atoms with E-state index in [1.807, 2.05) is 25.7 Å². The number of halogens is 2. The summed E-state index contributed by atoms with van der Waals surface area (Å²) >= 11 is 0. The van der Waals surface area contributed by atoms with Crippen LogP contribution in [0.2, 0.25) is 0 Å². The molecule has 0 saturated carbocycles. The van der Waals surface area contributed by atoms with Crippen LogP contribution in [0.25, 0.3) is 0 Å². The summed E-state index contributed by atoms with van der Waals surface area (Å²) < 4.78 is 32.1. The largest absolute Gasteiger partial charge is 0.399 e. The predicted molar refractivity (Wildman–Crippen MR) is 72.7 cm³/mol. The third kappa shape index (κ3) is 3.15. The van der Waals surface area contributed by atoms with Crippen molar-refractivity contribution in [3.05, 3.63) is 23.8 Å². The fourth-order valence-corrected chi connectivity index (χ4v) is 2.67. The average Bonchev–Trinajstić information content (AvgIpc) is 2.25. The third-order valence-corrected chi connectivity index (χ3v) is 3.20. The molecule has 5 heteroatoms. The first-order valence-electron chi connectivity index (χ1n) is 6.39. The molecular formula is C14H20F2N2O. The van der Waals surface area contributed by atoms with E-state index in [0.29, 0.717) is 24.5 Å². The van der Waals surface area contributed by atoms with E-state index in [4.69, 9.17) is 10.5 Å². The van der Waals surface area contributed by atoms with Gasteiger partial charge in [0, 0.05) is 30.0 Å². The molecule has 1 fully saturated rings. The van der Waals surface area contributed by atoms with Crippen LogP contribution in [0.1, 0.15) is 32.8 Å². The van der Waals surface area contributed by atoms with Gasteiger partial charge < -0.3 is 15.4 Å². The van der Waals surface area contributed by atoms with Gasteiger partial charge in [-0.05, 0) is 39.0 Å². The van der Waals surface area contributed by atoms with Gasteiger partial charge in [-0.1, -0.05) is 0 Å². The van der Waals surface area contributed by atoms with Gasteiger partial charge in [0.15, 0.2) is 0 Å². The van der Waals surface area contributed by atoms with E-state index in [1.54, 1.807) is 12.1 Å². The van der Waals surface area contributed by atoms with Crippen LogP contribution in [-0.2, 0) is 4.74 Å². The first kappa shape index (κ1) is 14.1. The molecule has 2 rings (SSSR count). The number of rotatable bonds is 2. The lowest BCUT2D eigenvalue weighted by molar-refractivity contribution is -0.0751. The monoisotopic (exact) mass is 270 g/mol. The number of ether oxygens (including phenoxy) is 1. The summed E-state index contributed by atoms with van der Waals surface area (Å²) in [6, 6.07) is 4.69. The van der Waals surface area contributed by atoms with Gasteiger partial charge in [0.25, 0.3) is 6.43 Å². The third-order valence-electron chi connectivity index (χ3n) is 3.20. The fraction of sp³-hybridized carbons (Fsp3) is 0.571. The van der Waals surface area contributed by atoms with Gasteiger partial charge in [-0.3, -0.25) is 0 Å². The molecule has 0 bridgehead atoms. The average molecular weight is 270 g/mol. The molecule has 19 heavy (non-hydrogen) atoms. The Morgan fingerprint density at radius 1 is 1.42 bits per heavy atom. The van der Waals surface area contributed by atoms with Gasteiger partial charge in [0.05, 0.1) is 11.7 Å². The maximum atomic E-state index is 13.1. The standard InChI is InChI=1S/C14H20F2N2O/c1-9-7-18(8-14(2,3)19-9)12-5-4-10(17)6-11(12)13(15)16/h4-6,9,13H,7-8,17H2,1-3H3. The first-order valence-corrected chi connectivity index (χ1v) is 6.39. The minimum absolute atomic E-state index is 0.00632. The molecule has 1 aliphatic rings. The number of morpholine rings is 1. The Morgan fingerprint density at radius 3 is 2.68 bits per heavy atom. The van der Waals surface area contributed by atoms with Crippen molar-refractivity contribution in [2.24, 2.45) is 0 Å². The zero-order valence-corrected chi connectivity index (χ0v) is 11.5. The Bertz CT molecular complexity index is 463. The maximum Gasteiger partial charge on any atom is 0.265 e. The van der Waals surface area contributed by atoms with E-state index in [1.165, 1.54) is 6.07 Å². The summed E-state index contributed by atoms with van der Waals surface area (Å²) in [5.41, 5.74) is 6.15. The number of hydrogen-bond acceptors (Lipinski definition) is 3. The Morgan fingerprint density at radius 2 is 2.11 bits per heavy atom. The smallest absolute Gasteiger partial charge is 0.265 e. The van der Waals surface area contributed by atoms with Crippen LogP contribution >= 0.6 is 0 Å². The number of benzene rings is 1. The number of nitrogens with two attached hydrogens (primary N) is 1. The Kier molecular flexibility index (Phi) is 3.67. The van der Waals surface area contributed by atoms with Crippen molar-refractivity contribution in [3.63, 3.8) is 0 Å². The maximum absolute atomic E-state index is 13.1. The van der Waals surface area contributed by atoms with Crippen LogP contribution in [0, 0.1) is 0 Å². The van der Waals surface area contributed by atoms with Crippen LogP contribution in [-0.4, -0.2) is 24.8 Å². The molecule has 0 spiro atoms. The normalized spacial score (nSPS) is 22.8. The van der Waals surface area contributed by atoms with Crippen LogP contribution < -0.4 is 10.6 Å². The molecule has 1 saturated heterocycles. The molecule has 2 N–H and O–H groups in total. The summed E-state index contributed by atoms with van der Waals surface area (Å²) in [4.78, 5) is 1.95. The van der Waals surface area contributed by atoms with Gasteiger partial charge in [-0.2, -0.15) is 0 Å². The van der Waals surface area contributed by atoms with Crippen LogP contribution in [0.4, 0.5) is 20.2 Å². The van der Waals surface area contributed by atoms with Gasteiger partial charge in [0.2, 0.25) is 0 Å². The number of nitrogen functional groups attached to an aromatic ring is 1. The molecule has 1 unspecified atom stereocenters. The second-order valence-electron chi connectivity index (χ2n) is 5.69. The second kappa shape index (κ2) is 4.96. The van der Waals surface area contributed by atoms with Crippen molar-refractivity contribution in [2.75, 3.05) is 23.7 Å². The van der Waals surface area contributed by atoms with Crippen molar-refractivity contribution < 1.29 is 13.5 Å². The van der Waals surface area contributed by atoms with E-state index in [0.717, 1.165) is 0 Å². The highest BCUT2D eigenvalue weighted by molar-refractivity contribution is 5.60. The van der Waals surface area contributed by atoms with Crippen molar-refractivity contribution in [1.82, 2.24) is 0 Å². The second-order valence-corrected chi connectivity index (χ2v) is 5.69. The fourth-order valence-electron chi connectivity index (χ4n) is 2.67. The van der Waals surface area contributed by atoms with Crippen molar-refractivity contribution in [2.45, 2.75) is 38.9 Å². The minimum Gasteiger partial charge on any atom is -0.399 e. The summed E-state index contributed by atoms with van der Waals surface area (Å²) in [7, 11) is 0. The lowest BCUT2D eigenvalue weighted by Crippen LogP contribution is -2.52. The van der Waals surface area contributed by atoms with Gasteiger partial charge in [-0.25, -0.2) is 8.78 Å². The molecule has 1 heterocycles. The molecule has 1 atom stereocenters. The van der Waals surface area contributed by atoms with Crippen molar-refractivity contribution in [1.29, 1.82) is 0 Å². The topological polar surface area (TPSA) is 38.5 Å². The number of anilines is 2. The van der Waals surface area contributed by atoms with Crippen molar-refractivity contribution >= 4 is 11.4 Å². The molecule has 1 aliphatic heterocycles. The lowest BCUT2D eigenvalue weighted by Gasteiger charge is -2.43. The highest BCUT2D eigenvalue weighted by atomic mass is 19.3. The molecule has 0 aliphatic carbocycles. The SMILES string of the molecule is CC1CN(c2ccc(N)cc2C(F)F)CC(C)(C)O1. The summed E-state index contributed by atoms with van der Waals surface area (Å²) in [5.74, 6) is 0.